The molecular formula is C9H12N2OS. The van der Waals surface area contributed by atoms with Crippen molar-refractivity contribution >= 4 is 17.2 Å². The Morgan fingerprint density at radius 3 is 3.00 bits per heavy atom. The van der Waals surface area contributed by atoms with E-state index in [1.807, 2.05) is 5.38 Å². The number of hydrogen-bond acceptors (Lipinski definition) is 3. The second kappa shape index (κ2) is 3.47. The number of hydrazine groups is 1. The van der Waals surface area contributed by atoms with Gasteiger partial charge >= 0.3 is 0 Å². The summed E-state index contributed by atoms with van der Waals surface area (Å²) in [4.78, 5) is 12.7. The van der Waals surface area contributed by atoms with Gasteiger partial charge in [0.25, 0.3) is 5.91 Å². The van der Waals surface area contributed by atoms with Crippen LogP contribution < -0.4 is 11.3 Å². The normalized spacial score (nSPS) is 15.2. The van der Waals surface area contributed by atoms with Gasteiger partial charge < -0.3 is 0 Å². The quantitative estimate of drug-likeness (QED) is 0.403. The van der Waals surface area contributed by atoms with Gasteiger partial charge in [0.1, 0.15) is 0 Å². The molecule has 1 aliphatic carbocycles. The summed E-state index contributed by atoms with van der Waals surface area (Å²) in [6.45, 7) is 0. The summed E-state index contributed by atoms with van der Waals surface area (Å²) in [5.41, 5.74) is 4.19. The largest absolute Gasteiger partial charge is 0.290 e. The number of nitrogen functional groups attached to an aromatic ring is 1. The highest BCUT2D eigenvalue weighted by atomic mass is 32.1. The average Bonchev–Trinajstić information content (AvgIpc) is 2.60. The van der Waals surface area contributed by atoms with Crippen molar-refractivity contribution in [1.29, 1.82) is 0 Å². The molecule has 0 aromatic carbocycles. The molecule has 0 fully saturated rings. The third kappa shape index (κ3) is 1.47. The molecule has 1 aromatic heterocycles. The minimum atomic E-state index is -0.153. The Morgan fingerprint density at radius 1 is 1.46 bits per heavy atom. The Labute approximate surface area is 80.9 Å². The number of rotatable bonds is 1. The van der Waals surface area contributed by atoms with E-state index in [2.05, 4.69) is 5.43 Å². The van der Waals surface area contributed by atoms with Crippen molar-refractivity contribution in [2.75, 3.05) is 0 Å². The SMILES string of the molecule is NNC(=O)c1csc2c1CCCC2. The van der Waals surface area contributed by atoms with E-state index >= 15 is 0 Å². The van der Waals surface area contributed by atoms with Crippen molar-refractivity contribution in [3.05, 3.63) is 21.4 Å². The molecule has 3 N–H and O–H groups in total. The van der Waals surface area contributed by atoms with Crippen molar-refractivity contribution in [2.45, 2.75) is 25.7 Å². The highest BCUT2D eigenvalue weighted by Gasteiger charge is 2.18. The van der Waals surface area contributed by atoms with Crippen LogP contribution in [0.2, 0.25) is 0 Å². The lowest BCUT2D eigenvalue weighted by molar-refractivity contribution is 0.0953. The summed E-state index contributed by atoms with van der Waals surface area (Å²) in [7, 11) is 0. The van der Waals surface area contributed by atoms with Crippen molar-refractivity contribution < 1.29 is 4.79 Å². The molecule has 0 saturated carbocycles. The molecule has 1 heterocycles. The van der Waals surface area contributed by atoms with Gasteiger partial charge in [-0.15, -0.1) is 11.3 Å². The molecule has 3 nitrogen and oxygen atoms in total. The van der Waals surface area contributed by atoms with E-state index in [0.29, 0.717) is 0 Å². The predicted molar refractivity (Wildman–Crippen MR) is 52.6 cm³/mol. The fourth-order valence-electron chi connectivity index (χ4n) is 1.76. The zero-order valence-corrected chi connectivity index (χ0v) is 8.12. The Bertz CT molecular complexity index is 332. The van der Waals surface area contributed by atoms with Gasteiger partial charge in [-0.05, 0) is 31.2 Å². The van der Waals surface area contributed by atoms with Crippen molar-refractivity contribution in [3.63, 3.8) is 0 Å². The Kier molecular flexibility index (Phi) is 2.33. The van der Waals surface area contributed by atoms with Gasteiger partial charge in [-0.1, -0.05) is 0 Å². The van der Waals surface area contributed by atoms with Crippen LogP contribution in [0.3, 0.4) is 0 Å². The first-order chi connectivity index (χ1) is 6.33. The van der Waals surface area contributed by atoms with Crippen LogP contribution in [0.5, 0.6) is 0 Å². The molecular weight excluding hydrogens is 184 g/mol. The smallest absolute Gasteiger partial charge is 0.266 e. The number of thiophene rings is 1. The van der Waals surface area contributed by atoms with Crippen LogP contribution in [0.15, 0.2) is 5.38 Å². The lowest BCUT2D eigenvalue weighted by Gasteiger charge is -2.11. The van der Waals surface area contributed by atoms with E-state index < -0.39 is 0 Å². The van der Waals surface area contributed by atoms with E-state index in [4.69, 9.17) is 5.84 Å². The van der Waals surface area contributed by atoms with Crippen LogP contribution in [-0.4, -0.2) is 5.91 Å². The summed E-state index contributed by atoms with van der Waals surface area (Å²) >= 11 is 1.68. The first-order valence-corrected chi connectivity index (χ1v) is 5.31. The number of nitrogens with one attached hydrogen (secondary N) is 1. The summed E-state index contributed by atoms with van der Waals surface area (Å²) in [6, 6.07) is 0. The molecule has 0 bridgehead atoms. The molecule has 0 radical (unpaired) electrons. The third-order valence-electron chi connectivity index (χ3n) is 2.44. The number of nitrogens with two attached hydrogens (primary N) is 1. The molecule has 4 heteroatoms. The molecule has 70 valence electrons. The second-order valence-corrected chi connectivity index (χ2v) is 4.20. The van der Waals surface area contributed by atoms with Crippen LogP contribution in [0.25, 0.3) is 0 Å². The van der Waals surface area contributed by atoms with Crippen LogP contribution >= 0.6 is 11.3 Å². The predicted octanol–water partition coefficient (Wildman–Crippen LogP) is 1.23. The van der Waals surface area contributed by atoms with Crippen molar-refractivity contribution in [1.82, 2.24) is 5.43 Å². The van der Waals surface area contributed by atoms with Crippen LogP contribution in [0.1, 0.15) is 33.6 Å². The highest BCUT2D eigenvalue weighted by molar-refractivity contribution is 7.10. The number of hydrogen-bond donors (Lipinski definition) is 2. The fourth-order valence-corrected chi connectivity index (χ4v) is 2.89. The standard InChI is InChI=1S/C9H12N2OS/c10-11-9(12)7-5-13-8-4-2-1-3-6(7)8/h5H,1-4,10H2,(H,11,12). The average molecular weight is 196 g/mol. The van der Waals surface area contributed by atoms with E-state index in [-0.39, 0.29) is 5.91 Å². The first kappa shape index (κ1) is 8.72. The minimum Gasteiger partial charge on any atom is -0.290 e. The summed E-state index contributed by atoms with van der Waals surface area (Å²) in [6.07, 6.45) is 4.59. The molecule has 0 atom stereocenters. The van der Waals surface area contributed by atoms with E-state index in [1.54, 1.807) is 11.3 Å². The second-order valence-electron chi connectivity index (χ2n) is 3.23. The summed E-state index contributed by atoms with van der Waals surface area (Å²) in [5.74, 6) is 4.95. The molecule has 0 unspecified atom stereocenters. The Morgan fingerprint density at radius 2 is 2.23 bits per heavy atom. The Balaban J connectivity index is 2.36. The van der Waals surface area contributed by atoms with Gasteiger partial charge in [0.05, 0.1) is 5.56 Å². The highest BCUT2D eigenvalue weighted by Crippen LogP contribution is 2.29. The van der Waals surface area contributed by atoms with E-state index in [1.165, 1.54) is 23.3 Å². The van der Waals surface area contributed by atoms with Gasteiger partial charge in [0.2, 0.25) is 0 Å². The number of carbonyl (C=O) groups excluding carboxylic acids is 1. The van der Waals surface area contributed by atoms with Gasteiger partial charge in [0.15, 0.2) is 0 Å². The van der Waals surface area contributed by atoms with Crippen LogP contribution in [-0.2, 0) is 12.8 Å². The first-order valence-electron chi connectivity index (χ1n) is 4.43. The van der Waals surface area contributed by atoms with Crippen LogP contribution in [0.4, 0.5) is 0 Å². The topological polar surface area (TPSA) is 55.1 Å². The van der Waals surface area contributed by atoms with Crippen molar-refractivity contribution in [2.24, 2.45) is 5.84 Å². The zero-order chi connectivity index (χ0) is 9.26. The molecule has 0 spiro atoms. The molecule has 2 rings (SSSR count). The maximum Gasteiger partial charge on any atom is 0.266 e. The molecule has 13 heavy (non-hydrogen) atoms. The Hall–Kier alpha value is -0.870. The van der Waals surface area contributed by atoms with Gasteiger partial charge in [-0.3, -0.25) is 10.2 Å². The lowest BCUT2D eigenvalue weighted by atomic mass is 9.96. The molecule has 0 aliphatic heterocycles. The van der Waals surface area contributed by atoms with Crippen LogP contribution in [0, 0.1) is 0 Å². The number of aryl methyl sites for hydroxylation is 1. The van der Waals surface area contributed by atoms with E-state index in [0.717, 1.165) is 18.4 Å². The number of carbonyl (C=O) groups is 1. The van der Waals surface area contributed by atoms with Crippen molar-refractivity contribution in [3.8, 4) is 0 Å². The van der Waals surface area contributed by atoms with Gasteiger partial charge in [-0.25, -0.2) is 5.84 Å². The minimum absolute atomic E-state index is 0.153. The number of fused-ring (bicyclic) bond motifs is 1. The molecule has 1 aliphatic rings. The monoisotopic (exact) mass is 196 g/mol. The van der Waals surface area contributed by atoms with Gasteiger partial charge in [-0.2, -0.15) is 0 Å². The number of amides is 1. The lowest BCUT2D eigenvalue weighted by Crippen LogP contribution is -2.30. The third-order valence-corrected chi connectivity index (χ3v) is 3.53. The summed E-state index contributed by atoms with van der Waals surface area (Å²) < 4.78 is 0. The summed E-state index contributed by atoms with van der Waals surface area (Å²) in [5, 5.41) is 1.91. The molecule has 0 saturated heterocycles. The zero-order valence-electron chi connectivity index (χ0n) is 7.30. The fraction of sp³-hybridized carbons (Fsp3) is 0.444. The molecule has 1 aromatic rings. The maximum absolute atomic E-state index is 11.3. The van der Waals surface area contributed by atoms with E-state index in [9.17, 15) is 4.79 Å². The maximum atomic E-state index is 11.3. The van der Waals surface area contributed by atoms with Gasteiger partial charge in [0, 0.05) is 10.3 Å². The molecule has 1 amide bonds.